The minimum absolute atomic E-state index is 0.0538. The van der Waals surface area contributed by atoms with Gasteiger partial charge in [-0.25, -0.2) is 5.84 Å². The van der Waals surface area contributed by atoms with Crippen LogP contribution in [0.3, 0.4) is 0 Å². The predicted octanol–water partition coefficient (Wildman–Crippen LogP) is 0.172. The van der Waals surface area contributed by atoms with Gasteiger partial charge in [0, 0.05) is 13.5 Å². The number of nitrogen functional groups attached to an aromatic ring is 1. The first-order valence-electron chi connectivity index (χ1n) is 6.43. The van der Waals surface area contributed by atoms with Gasteiger partial charge in [0.25, 0.3) is 0 Å². The summed E-state index contributed by atoms with van der Waals surface area (Å²) in [6.07, 6.45) is 2.22. The molecule has 1 aromatic heterocycles. The summed E-state index contributed by atoms with van der Waals surface area (Å²) < 4.78 is 0. The van der Waals surface area contributed by atoms with E-state index in [0.29, 0.717) is 11.0 Å². The Balaban J connectivity index is 1.72. The second kappa shape index (κ2) is 6.78. The molecule has 8 heteroatoms. The summed E-state index contributed by atoms with van der Waals surface area (Å²) in [6, 6.07) is 0. The van der Waals surface area contributed by atoms with Crippen LogP contribution < -0.4 is 16.6 Å². The second-order valence-corrected chi connectivity index (χ2v) is 5.86. The van der Waals surface area contributed by atoms with Crippen LogP contribution in [0.1, 0.15) is 24.8 Å². The first kappa shape index (κ1) is 14.2. The third kappa shape index (κ3) is 4.41. The maximum atomic E-state index is 10.9. The number of amides is 1. The van der Waals surface area contributed by atoms with Crippen LogP contribution in [0.2, 0.25) is 0 Å². The largest absolute Gasteiger partial charge is 0.356 e. The highest BCUT2D eigenvalue weighted by atomic mass is 32.1. The molecule has 1 aromatic rings. The SMILES string of the molecule is CC(=O)NCC1CCN(Cc2nnc(NN)s2)CC1. The van der Waals surface area contributed by atoms with E-state index < -0.39 is 0 Å². The molecule has 1 aliphatic rings. The van der Waals surface area contributed by atoms with E-state index in [1.807, 2.05) is 0 Å². The van der Waals surface area contributed by atoms with Gasteiger partial charge in [-0.05, 0) is 31.8 Å². The molecule has 0 bridgehead atoms. The molecular weight excluding hydrogens is 264 g/mol. The van der Waals surface area contributed by atoms with Gasteiger partial charge in [0.1, 0.15) is 5.01 Å². The molecule has 0 aliphatic carbocycles. The lowest BCUT2D eigenvalue weighted by Gasteiger charge is -2.31. The van der Waals surface area contributed by atoms with Crippen molar-refractivity contribution in [3.8, 4) is 0 Å². The quantitative estimate of drug-likeness (QED) is 0.527. The normalized spacial score (nSPS) is 17.4. The van der Waals surface area contributed by atoms with E-state index >= 15 is 0 Å². The van der Waals surface area contributed by atoms with Gasteiger partial charge >= 0.3 is 0 Å². The Kier molecular flexibility index (Phi) is 5.06. The van der Waals surface area contributed by atoms with Crippen LogP contribution in [0.4, 0.5) is 5.13 Å². The van der Waals surface area contributed by atoms with Crippen LogP contribution >= 0.6 is 11.3 Å². The van der Waals surface area contributed by atoms with E-state index in [2.05, 4.69) is 25.8 Å². The van der Waals surface area contributed by atoms with E-state index in [-0.39, 0.29) is 5.91 Å². The minimum atomic E-state index is 0.0538. The van der Waals surface area contributed by atoms with Gasteiger partial charge in [-0.1, -0.05) is 11.3 Å². The summed E-state index contributed by atoms with van der Waals surface area (Å²) in [4.78, 5) is 13.2. The molecule has 1 amide bonds. The van der Waals surface area contributed by atoms with E-state index in [9.17, 15) is 4.79 Å². The molecule has 0 saturated carbocycles. The van der Waals surface area contributed by atoms with Crippen molar-refractivity contribution in [3.63, 3.8) is 0 Å². The number of carbonyl (C=O) groups excluding carboxylic acids is 1. The molecule has 1 saturated heterocycles. The topological polar surface area (TPSA) is 96.2 Å². The van der Waals surface area contributed by atoms with Gasteiger partial charge in [0.05, 0.1) is 6.54 Å². The number of carbonyl (C=O) groups is 1. The summed E-state index contributed by atoms with van der Waals surface area (Å²) in [7, 11) is 0. The molecule has 0 atom stereocenters. The van der Waals surface area contributed by atoms with Crippen LogP contribution in [0.25, 0.3) is 0 Å². The molecule has 0 spiro atoms. The minimum Gasteiger partial charge on any atom is -0.356 e. The molecule has 4 N–H and O–H groups in total. The number of aromatic nitrogens is 2. The van der Waals surface area contributed by atoms with Crippen LogP contribution in [0.5, 0.6) is 0 Å². The Morgan fingerprint density at radius 3 is 2.79 bits per heavy atom. The highest BCUT2D eigenvalue weighted by molar-refractivity contribution is 7.15. The highest BCUT2D eigenvalue weighted by Gasteiger charge is 2.20. The second-order valence-electron chi connectivity index (χ2n) is 4.80. The lowest BCUT2D eigenvalue weighted by Crippen LogP contribution is -2.37. The number of hydrazine groups is 1. The third-order valence-corrected chi connectivity index (χ3v) is 4.14. The average Bonchev–Trinajstić information content (AvgIpc) is 2.85. The van der Waals surface area contributed by atoms with Crippen molar-refractivity contribution in [1.29, 1.82) is 0 Å². The zero-order chi connectivity index (χ0) is 13.7. The lowest BCUT2D eigenvalue weighted by atomic mass is 9.97. The van der Waals surface area contributed by atoms with E-state index in [4.69, 9.17) is 5.84 Å². The molecule has 0 unspecified atom stereocenters. The van der Waals surface area contributed by atoms with Crippen LogP contribution in [-0.4, -0.2) is 40.6 Å². The first-order valence-corrected chi connectivity index (χ1v) is 7.25. The Morgan fingerprint density at radius 2 is 2.21 bits per heavy atom. The number of piperidine rings is 1. The monoisotopic (exact) mass is 284 g/mol. The Labute approximate surface area is 116 Å². The van der Waals surface area contributed by atoms with E-state index in [1.54, 1.807) is 6.92 Å². The molecule has 2 heterocycles. The molecule has 0 aromatic carbocycles. The van der Waals surface area contributed by atoms with Crippen LogP contribution in [-0.2, 0) is 11.3 Å². The Morgan fingerprint density at radius 1 is 1.47 bits per heavy atom. The fourth-order valence-corrected chi connectivity index (χ4v) is 2.90. The van der Waals surface area contributed by atoms with Gasteiger partial charge in [0.2, 0.25) is 11.0 Å². The predicted molar refractivity (Wildman–Crippen MR) is 74.4 cm³/mol. The van der Waals surface area contributed by atoms with E-state index in [0.717, 1.165) is 44.0 Å². The van der Waals surface area contributed by atoms with Crippen molar-refractivity contribution in [3.05, 3.63) is 5.01 Å². The summed E-state index contributed by atoms with van der Waals surface area (Å²) in [6.45, 7) is 5.26. The molecule has 106 valence electrons. The standard InChI is InChI=1S/C11H20N6OS/c1-8(18)13-6-9-2-4-17(5-3-9)7-10-15-16-11(14-12)19-10/h9H,2-7,12H2,1H3,(H,13,18)(H,14,16). The van der Waals surface area contributed by atoms with Crippen molar-refractivity contribution < 1.29 is 4.79 Å². The number of nitrogens with two attached hydrogens (primary N) is 1. The molecule has 7 nitrogen and oxygen atoms in total. The van der Waals surface area contributed by atoms with Gasteiger partial charge in [0.15, 0.2) is 0 Å². The van der Waals surface area contributed by atoms with Gasteiger partial charge in [-0.3, -0.25) is 15.1 Å². The van der Waals surface area contributed by atoms with Crippen LogP contribution in [0, 0.1) is 5.92 Å². The smallest absolute Gasteiger partial charge is 0.219 e. The third-order valence-electron chi connectivity index (χ3n) is 3.30. The number of anilines is 1. The molecule has 2 rings (SSSR count). The number of likely N-dealkylation sites (tertiary alicyclic amines) is 1. The van der Waals surface area contributed by atoms with Gasteiger partial charge < -0.3 is 5.32 Å². The zero-order valence-electron chi connectivity index (χ0n) is 11.1. The fraction of sp³-hybridized carbons (Fsp3) is 0.727. The number of nitrogens with zero attached hydrogens (tertiary/aromatic N) is 3. The Hall–Kier alpha value is -1.25. The van der Waals surface area contributed by atoms with Crippen molar-refractivity contribution in [2.75, 3.05) is 25.1 Å². The summed E-state index contributed by atoms with van der Waals surface area (Å²) >= 11 is 1.48. The van der Waals surface area contributed by atoms with Crippen LogP contribution in [0.15, 0.2) is 0 Å². The number of hydrogen-bond acceptors (Lipinski definition) is 7. The van der Waals surface area contributed by atoms with Crippen molar-refractivity contribution in [2.45, 2.75) is 26.3 Å². The maximum absolute atomic E-state index is 10.9. The van der Waals surface area contributed by atoms with Crippen molar-refractivity contribution in [1.82, 2.24) is 20.4 Å². The summed E-state index contributed by atoms with van der Waals surface area (Å²) in [5.74, 6) is 5.93. The molecule has 0 radical (unpaired) electrons. The maximum Gasteiger partial charge on any atom is 0.219 e. The molecule has 19 heavy (non-hydrogen) atoms. The number of hydrogen-bond donors (Lipinski definition) is 3. The summed E-state index contributed by atoms with van der Waals surface area (Å²) in [5.41, 5.74) is 2.51. The Bertz CT molecular complexity index is 415. The van der Waals surface area contributed by atoms with E-state index in [1.165, 1.54) is 11.3 Å². The molecule has 1 aliphatic heterocycles. The zero-order valence-corrected chi connectivity index (χ0v) is 11.9. The van der Waals surface area contributed by atoms with Crippen molar-refractivity contribution >= 4 is 22.4 Å². The van der Waals surface area contributed by atoms with Crippen molar-refractivity contribution in [2.24, 2.45) is 11.8 Å². The number of nitrogens with one attached hydrogen (secondary N) is 2. The number of rotatable bonds is 5. The fourth-order valence-electron chi connectivity index (χ4n) is 2.20. The van der Waals surface area contributed by atoms with Gasteiger partial charge in [-0.15, -0.1) is 10.2 Å². The molecular formula is C11H20N6OS. The highest BCUT2D eigenvalue weighted by Crippen LogP contribution is 2.20. The van der Waals surface area contributed by atoms with Gasteiger partial charge in [-0.2, -0.15) is 0 Å². The first-order chi connectivity index (χ1) is 9.17. The lowest BCUT2D eigenvalue weighted by molar-refractivity contribution is -0.119. The average molecular weight is 284 g/mol. The summed E-state index contributed by atoms with van der Waals surface area (Å²) in [5, 5.41) is 12.5. The molecule has 1 fully saturated rings.